The summed E-state index contributed by atoms with van der Waals surface area (Å²) in [6.07, 6.45) is 5.95. The predicted molar refractivity (Wildman–Crippen MR) is 81.9 cm³/mol. The lowest BCUT2D eigenvalue weighted by Gasteiger charge is -2.17. The Morgan fingerprint density at radius 2 is 2.14 bits per heavy atom. The minimum atomic E-state index is -0.362. The number of hydrogen-bond donors (Lipinski definition) is 2. The van der Waals surface area contributed by atoms with Crippen LogP contribution in [0, 0.1) is 17.2 Å². The topological polar surface area (TPSA) is 41.1 Å². The summed E-state index contributed by atoms with van der Waals surface area (Å²) in [4.78, 5) is 12.4. The average molecular weight is 290 g/mol. The highest BCUT2D eigenvalue weighted by Crippen LogP contribution is 2.60. The van der Waals surface area contributed by atoms with Gasteiger partial charge in [-0.15, -0.1) is 0 Å². The van der Waals surface area contributed by atoms with Gasteiger partial charge in [-0.2, -0.15) is 0 Å². The Morgan fingerprint density at radius 1 is 1.38 bits per heavy atom. The lowest BCUT2D eigenvalue weighted by molar-refractivity contribution is 0.0943. The number of nitrogens with one attached hydrogen (secondary N) is 2. The molecule has 2 saturated carbocycles. The number of carbonyl (C=O) groups excluding carboxylic acids is 1. The quantitative estimate of drug-likeness (QED) is 0.806. The van der Waals surface area contributed by atoms with E-state index in [2.05, 4.69) is 10.6 Å². The molecule has 21 heavy (non-hydrogen) atoms. The van der Waals surface area contributed by atoms with Crippen LogP contribution in [0.3, 0.4) is 0 Å². The molecule has 3 nitrogen and oxygen atoms in total. The number of benzene rings is 1. The van der Waals surface area contributed by atoms with Crippen molar-refractivity contribution in [3.63, 3.8) is 0 Å². The Balaban J connectivity index is 1.67. The van der Waals surface area contributed by atoms with Crippen LogP contribution < -0.4 is 10.6 Å². The monoisotopic (exact) mass is 290 g/mol. The van der Waals surface area contributed by atoms with E-state index in [0.29, 0.717) is 23.2 Å². The van der Waals surface area contributed by atoms with Gasteiger partial charge in [0.1, 0.15) is 5.82 Å². The molecule has 1 aromatic carbocycles. The number of amides is 1. The normalized spacial score (nSPS) is 19.1. The van der Waals surface area contributed by atoms with Gasteiger partial charge in [-0.3, -0.25) is 4.79 Å². The van der Waals surface area contributed by atoms with E-state index in [-0.39, 0.29) is 11.7 Å². The number of carbonyl (C=O) groups is 1. The Hall–Kier alpha value is -1.58. The van der Waals surface area contributed by atoms with Crippen LogP contribution in [0.25, 0.3) is 0 Å². The molecule has 2 fully saturated rings. The van der Waals surface area contributed by atoms with Crippen LogP contribution in [0.5, 0.6) is 0 Å². The van der Waals surface area contributed by atoms with Crippen molar-refractivity contribution >= 4 is 11.6 Å². The zero-order chi connectivity index (χ0) is 14.9. The molecular formula is C17H23FN2O. The second kappa shape index (κ2) is 5.66. The Labute approximate surface area is 125 Å². The van der Waals surface area contributed by atoms with Crippen LogP contribution >= 0.6 is 0 Å². The van der Waals surface area contributed by atoms with Crippen LogP contribution in [0.15, 0.2) is 18.2 Å². The summed E-state index contributed by atoms with van der Waals surface area (Å²) in [5.74, 6) is 0.280. The smallest absolute Gasteiger partial charge is 0.253 e. The second-order valence-electron chi connectivity index (χ2n) is 6.41. The average Bonchev–Trinajstić information content (AvgIpc) is 3.36. The molecule has 0 spiro atoms. The summed E-state index contributed by atoms with van der Waals surface area (Å²) in [5.41, 5.74) is 1.10. The first-order valence-electron chi connectivity index (χ1n) is 7.97. The molecule has 1 aromatic rings. The number of rotatable bonds is 7. The van der Waals surface area contributed by atoms with Gasteiger partial charge in [0.05, 0.1) is 11.3 Å². The molecule has 0 saturated heterocycles. The van der Waals surface area contributed by atoms with E-state index in [4.69, 9.17) is 0 Å². The number of hydrogen-bond acceptors (Lipinski definition) is 2. The van der Waals surface area contributed by atoms with Gasteiger partial charge in [0, 0.05) is 13.1 Å². The van der Waals surface area contributed by atoms with Gasteiger partial charge in [-0.1, -0.05) is 13.0 Å². The zero-order valence-corrected chi connectivity index (χ0v) is 12.5. The van der Waals surface area contributed by atoms with Crippen molar-refractivity contribution in [1.82, 2.24) is 5.32 Å². The molecule has 2 aliphatic rings. The van der Waals surface area contributed by atoms with Crippen molar-refractivity contribution < 1.29 is 9.18 Å². The fourth-order valence-electron chi connectivity index (χ4n) is 3.08. The molecule has 4 heteroatoms. The van der Waals surface area contributed by atoms with Crippen molar-refractivity contribution in [2.45, 2.75) is 39.0 Å². The van der Waals surface area contributed by atoms with Crippen LogP contribution in [-0.4, -0.2) is 19.0 Å². The van der Waals surface area contributed by atoms with Gasteiger partial charge in [0.15, 0.2) is 0 Å². The molecule has 0 bridgehead atoms. The minimum Gasteiger partial charge on any atom is -0.382 e. The molecule has 3 rings (SSSR count). The molecule has 0 heterocycles. The maximum absolute atomic E-state index is 13.9. The van der Waals surface area contributed by atoms with Crippen LogP contribution in [0.2, 0.25) is 0 Å². The van der Waals surface area contributed by atoms with E-state index in [0.717, 1.165) is 18.9 Å². The summed E-state index contributed by atoms with van der Waals surface area (Å²) in [6, 6.07) is 4.67. The molecule has 0 aliphatic heterocycles. The fourth-order valence-corrected chi connectivity index (χ4v) is 3.08. The molecule has 114 valence electrons. The zero-order valence-electron chi connectivity index (χ0n) is 12.5. The lowest BCUT2D eigenvalue weighted by Crippen LogP contribution is -2.31. The van der Waals surface area contributed by atoms with Gasteiger partial charge < -0.3 is 10.6 Å². The van der Waals surface area contributed by atoms with E-state index >= 15 is 0 Å². The van der Waals surface area contributed by atoms with Crippen molar-refractivity contribution in [3.8, 4) is 0 Å². The minimum absolute atomic E-state index is 0.167. The standard InChI is InChI=1S/C17H23FN2O/c1-2-10-19-15-13(4-3-5-14(15)18)16(21)20-11-17(8-9-17)12-6-7-12/h3-5,12,19H,2,6-11H2,1H3,(H,20,21). The first kappa shape index (κ1) is 14.4. The second-order valence-corrected chi connectivity index (χ2v) is 6.41. The highest BCUT2D eigenvalue weighted by atomic mass is 19.1. The third-order valence-corrected chi connectivity index (χ3v) is 4.75. The molecule has 2 N–H and O–H groups in total. The van der Waals surface area contributed by atoms with Crippen LogP contribution in [0.4, 0.5) is 10.1 Å². The van der Waals surface area contributed by atoms with Gasteiger partial charge >= 0.3 is 0 Å². The molecule has 2 aliphatic carbocycles. The Bertz CT molecular complexity index is 536. The summed E-state index contributed by atoms with van der Waals surface area (Å²) in [7, 11) is 0. The Morgan fingerprint density at radius 3 is 2.76 bits per heavy atom. The summed E-state index contributed by atoms with van der Waals surface area (Å²) >= 11 is 0. The van der Waals surface area contributed by atoms with E-state index < -0.39 is 0 Å². The van der Waals surface area contributed by atoms with Gasteiger partial charge in [0.25, 0.3) is 5.91 Å². The van der Waals surface area contributed by atoms with Crippen molar-refractivity contribution in [3.05, 3.63) is 29.6 Å². The molecule has 0 radical (unpaired) electrons. The summed E-state index contributed by atoms with van der Waals surface area (Å²) in [6.45, 7) is 3.41. The van der Waals surface area contributed by atoms with Gasteiger partial charge in [-0.05, 0) is 55.6 Å². The first-order valence-corrected chi connectivity index (χ1v) is 7.97. The van der Waals surface area contributed by atoms with Crippen molar-refractivity contribution in [1.29, 1.82) is 0 Å². The van der Waals surface area contributed by atoms with Crippen LogP contribution in [-0.2, 0) is 0 Å². The van der Waals surface area contributed by atoms with Gasteiger partial charge in [0.2, 0.25) is 0 Å². The van der Waals surface area contributed by atoms with E-state index in [1.165, 1.54) is 31.7 Å². The molecule has 1 amide bonds. The molecular weight excluding hydrogens is 267 g/mol. The van der Waals surface area contributed by atoms with Crippen molar-refractivity contribution in [2.75, 3.05) is 18.4 Å². The first-order chi connectivity index (χ1) is 10.2. The summed E-state index contributed by atoms with van der Waals surface area (Å²) in [5, 5.41) is 6.05. The SMILES string of the molecule is CCCNc1c(F)cccc1C(=O)NCC1(C2CC2)CC1. The molecule has 0 aromatic heterocycles. The largest absolute Gasteiger partial charge is 0.382 e. The number of para-hydroxylation sites is 1. The van der Waals surface area contributed by atoms with Crippen LogP contribution in [0.1, 0.15) is 49.4 Å². The summed E-state index contributed by atoms with van der Waals surface area (Å²) < 4.78 is 13.9. The lowest BCUT2D eigenvalue weighted by atomic mass is 10.0. The van der Waals surface area contributed by atoms with E-state index in [1.807, 2.05) is 6.92 Å². The number of anilines is 1. The fraction of sp³-hybridized carbons (Fsp3) is 0.588. The highest BCUT2D eigenvalue weighted by molar-refractivity contribution is 5.99. The maximum atomic E-state index is 13.9. The third-order valence-electron chi connectivity index (χ3n) is 4.75. The number of halogens is 1. The van der Waals surface area contributed by atoms with E-state index in [1.54, 1.807) is 12.1 Å². The molecule has 0 unspecified atom stereocenters. The molecule has 0 atom stereocenters. The van der Waals surface area contributed by atoms with Gasteiger partial charge in [-0.25, -0.2) is 4.39 Å². The Kier molecular flexibility index (Phi) is 3.87. The van der Waals surface area contributed by atoms with Crippen molar-refractivity contribution in [2.24, 2.45) is 11.3 Å². The van der Waals surface area contributed by atoms with E-state index in [9.17, 15) is 9.18 Å². The third kappa shape index (κ3) is 3.04. The predicted octanol–water partition coefficient (Wildman–Crippen LogP) is 3.57. The maximum Gasteiger partial charge on any atom is 0.253 e. The highest BCUT2D eigenvalue weighted by Gasteiger charge is 2.53.